The lowest BCUT2D eigenvalue weighted by Gasteiger charge is -2.15. The molecule has 1 amide bonds. The van der Waals surface area contributed by atoms with Crippen LogP contribution >= 0.6 is 0 Å². The molecule has 34 heavy (non-hydrogen) atoms. The fraction of sp³-hybridized carbons (Fsp3) is 0.200. The highest BCUT2D eigenvalue weighted by atomic mass is 19.1. The fourth-order valence-corrected chi connectivity index (χ4v) is 4.66. The third kappa shape index (κ3) is 2.97. The molecule has 0 atom stereocenters. The maximum absolute atomic E-state index is 15.0. The van der Waals surface area contributed by atoms with Crippen molar-refractivity contribution in [1.82, 2.24) is 29.8 Å². The average Bonchev–Trinajstić information content (AvgIpc) is 3.55. The number of fused-ring (bicyclic) bond motifs is 2. The van der Waals surface area contributed by atoms with E-state index in [0.29, 0.717) is 34.8 Å². The van der Waals surface area contributed by atoms with Gasteiger partial charge in [0.05, 0.1) is 22.7 Å². The van der Waals surface area contributed by atoms with Crippen LogP contribution in [-0.4, -0.2) is 35.7 Å². The van der Waals surface area contributed by atoms with Crippen LogP contribution in [0, 0.1) is 5.82 Å². The highest BCUT2D eigenvalue weighted by molar-refractivity contribution is 5.94. The maximum atomic E-state index is 15.0. The number of amides is 1. The first-order valence-corrected chi connectivity index (χ1v) is 11.1. The number of rotatable bonds is 5. The molecule has 168 valence electrons. The summed E-state index contributed by atoms with van der Waals surface area (Å²) >= 11 is 0. The van der Waals surface area contributed by atoms with Crippen molar-refractivity contribution in [3.63, 3.8) is 0 Å². The van der Waals surface area contributed by atoms with Crippen LogP contribution in [0.3, 0.4) is 0 Å². The van der Waals surface area contributed by atoms with Gasteiger partial charge < -0.3 is 5.73 Å². The predicted octanol–water partition coefficient (Wildman–Crippen LogP) is 3.61. The smallest absolute Gasteiger partial charge is 0.271 e. The Bertz CT molecular complexity index is 1610. The number of aromatic nitrogens is 6. The first-order valence-electron chi connectivity index (χ1n) is 11.1. The van der Waals surface area contributed by atoms with E-state index >= 15 is 0 Å². The van der Waals surface area contributed by atoms with Crippen LogP contribution in [0.4, 0.5) is 4.39 Å². The maximum Gasteiger partial charge on any atom is 0.271 e. The topological polar surface area (TPSA) is 112 Å². The zero-order valence-corrected chi connectivity index (χ0v) is 18.4. The first kappa shape index (κ1) is 20.3. The van der Waals surface area contributed by atoms with E-state index in [1.165, 1.54) is 6.07 Å². The van der Waals surface area contributed by atoms with Gasteiger partial charge in [-0.1, -0.05) is 25.1 Å². The van der Waals surface area contributed by atoms with Crippen LogP contribution in [0.5, 0.6) is 0 Å². The summed E-state index contributed by atoms with van der Waals surface area (Å²) in [5, 5.41) is 14.5. The molecule has 0 radical (unpaired) electrons. The number of benzene rings is 2. The van der Waals surface area contributed by atoms with E-state index in [1.807, 2.05) is 25.1 Å². The van der Waals surface area contributed by atoms with Gasteiger partial charge in [-0.15, -0.1) is 10.2 Å². The molecule has 0 saturated heterocycles. The molecule has 6 rings (SSSR count). The van der Waals surface area contributed by atoms with E-state index in [-0.39, 0.29) is 11.0 Å². The minimum atomic E-state index is -0.803. The van der Waals surface area contributed by atoms with Gasteiger partial charge in [0.25, 0.3) is 11.7 Å². The van der Waals surface area contributed by atoms with Gasteiger partial charge in [-0.3, -0.25) is 9.78 Å². The van der Waals surface area contributed by atoms with E-state index in [4.69, 9.17) is 10.8 Å². The summed E-state index contributed by atoms with van der Waals surface area (Å²) in [5.74, 6) is -0.350. The van der Waals surface area contributed by atoms with Crippen LogP contribution in [0.1, 0.15) is 47.1 Å². The SMILES string of the molecule is CCc1c(-c2cnc3nnc(C4(c5ccc6ncccc6c5)CC4)n3n2)ccc(C(N)=O)c1F. The molecular weight excluding hydrogens is 433 g/mol. The molecule has 9 heteroatoms. The second kappa shape index (κ2) is 7.38. The Kier molecular flexibility index (Phi) is 4.41. The summed E-state index contributed by atoms with van der Waals surface area (Å²) in [7, 11) is 0. The number of carbonyl (C=O) groups excluding carboxylic acids is 1. The van der Waals surface area contributed by atoms with E-state index < -0.39 is 11.7 Å². The van der Waals surface area contributed by atoms with Crippen molar-refractivity contribution in [1.29, 1.82) is 0 Å². The Labute approximate surface area is 193 Å². The number of carbonyl (C=O) groups is 1. The second-order valence-corrected chi connectivity index (χ2v) is 8.54. The molecule has 5 aromatic rings. The Morgan fingerprint density at radius 3 is 2.76 bits per heavy atom. The fourth-order valence-electron chi connectivity index (χ4n) is 4.66. The average molecular weight is 453 g/mol. The molecule has 1 fully saturated rings. The summed E-state index contributed by atoms with van der Waals surface area (Å²) in [6, 6.07) is 13.2. The molecule has 3 aromatic heterocycles. The lowest BCUT2D eigenvalue weighted by Crippen LogP contribution is -2.16. The molecule has 8 nitrogen and oxygen atoms in total. The molecule has 2 N–H and O–H groups in total. The summed E-state index contributed by atoms with van der Waals surface area (Å²) < 4.78 is 16.6. The minimum Gasteiger partial charge on any atom is -0.366 e. The highest BCUT2D eigenvalue weighted by Gasteiger charge is 2.50. The molecule has 3 heterocycles. The second-order valence-electron chi connectivity index (χ2n) is 8.54. The van der Waals surface area contributed by atoms with E-state index in [9.17, 15) is 9.18 Å². The lowest BCUT2D eigenvalue weighted by atomic mass is 9.94. The van der Waals surface area contributed by atoms with Gasteiger partial charge in [0.2, 0.25) is 0 Å². The number of primary amides is 1. The standard InChI is InChI=1S/C25H20FN7O/c1-2-16-17(6-7-18(21(16)26)22(27)34)20-13-29-24-31-30-23(33(24)32-20)25(9-10-25)15-5-8-19-14(12-15)4-3-11-28-19/h3-8,11-13H,2,9-10H2,1H3,(H2,27,34). The quantitative estimate of drug-likeness (QED) is 0.435. The van der Waals surface area contributed by atoms with Gasteiger partial charge in [0.15, 0.2) is 5.82 Å². The number of pyridine rings is 1. The number of nitrogens with two attached hydrogens (primary N) is 1. The molecule has 1 aliphatic carbocycles. The number of halogens is 1. The van der Waals surface area contributed by atoms with Crippen molar-refractivity contribution in [2.45, 2.75) is 31.6 Å². The van der Waals surface area contributed by atoms with Crippen molar-refractivity contribution in [3.8, 4) is 11.3 Å². The summed E-state index contributed by atoms with van der Waals surface area (Å²) in [6.07, 6.45) is 5.52. The normalized spacial score (nSPS) is 14.5. The largest absolute Gasteiger partial charge is 0.366 e. The summed E-state index contributed by atoms with van der Waals surface area (Å²) in [5.41, 5.74) is 8.32. The molecule has 1 aliphatic rings. The molecular formula is C25H20FN7O. The van der Waals surface area contributed by atoms with Gasteiger partial charge >= 0.3 is 0 Å². The van der Waals surface area contributed by atoms with Gasteiger partial charge in [0.1, 0.15) is 11.5 Å². The summed E-state index contributed by atoms with van der Waals surface area (Å²) in [4.78, 5) is 20.4. The number of hydrogen-bond acceptors (Lipinski definition) is 6. The van der Waals surface area contributed by atoms with Crippen molar-refractivity contribution in [2.75, 3.05) is 0 Å². The first-order chi connectivity index (χ1) is 16.5. The predicted molar refractivity (Wildman–Crippen MR) is 124 cm³/mol. The van der Waals surface area contributed by atoms with Crippen molar-refractivity contribution >= 4 is 22.6 Å². The molecule has 0 spiro atoms. The molecule has 0 aliphatic heterocycles. The number of nitrogens with zero attached hydrogens (tertiary/aromatic N) is 6. The van der Waals surface area contributed by atoms with Crippen molar-refractivity contribution < 1.29 is 9.18 Å². The van der Waals surface area contributed by atoms with Crippen LogP contribution in [0.2, 0.25) is 0 Å². The van der Waals surface area contributed by atoms with Crippen LogP contribution in [-0.2, 0) is 11.8 Å². The molecule has 1 saturated carbocycles. The molecule has 0 bridgehead atoms. The highest BCUT2D eigenvalue weighted by Crippen LogP contribution is 2.53. The van der Waals surface area contributed by atoms with Gasteiger partial charge in [-0.25, -0.2) is 9.37 Å². The summed E-state index contributed by atoms with van der Waals surface area (Å²) in [6.45, 7) is 1.82. The van der Waals surface area contributed by atoms with Gasteiger partial charge in [-0.05, 0) is 54.7 Å². The van der Waals surface area contributed by atoms with Crippen LogP contribution in [0.15, 0.2) is 54.9 Å². The Balaban J connectivity index is 1.49. The minimum absolute atomic E-state index is 0.137. The Morgan fingerprint density at radius 1 is 1.15 bits per heavy atom. The van der Waals surface area contributed by atoms with Gasteiger partial charge in [-0.2, -0.15) is 9.61 Å². The Hall–Kier alpha value is -4.27. The van der Waals surface area contributed by atoms with E-state index in [1.54, 1.807) is 23.0 Å². The molecule has 0 unspecified atom stereocenters. The van der Waals surface area contributed by atoms with E-state index in [0.717, 1.165) is 29.3 Å². The van der Waals surface area contributed by atoms with Crippen LogP contribution < -0.4 is 5.73 Å². The van der Waals surface area contributed by atoms with Crippen LogP contribution in [0.25, 0.3) is 27.9 Å². The van der Waals surface area contributed by atoms with Crippen molar-refractivity contribution in [2.24, 2.45) is 5.73 Å². The van der Waals surface area contributed by atoms with Gasteiger partial charge in [0, 0.05) is 17.1 Å². The molecule has 2 aromatic carbocycles. The third-order valence-corrected chi connectivity index (χ3v) is 6.61. The lowest BCUT2D eigenvalue weighted by molar-refractivity contribution is 0.0996. The van der Waals surface area contributed by atoms with E-state index in [2.05, 4.69) is 32.3 Å². The van der Waals surface area contributed by atoms with Crippen molar-refractivity contribution in [3.05, 3.63) is 83.2 Å². The Morgan fingerprint density at radius 2 is 2.00 bits per heavy atom. The number of hydrogen-bond donors (Lipinski definition) is 1. The zero-order valence-electron chi connectivity index (χ0n) is 18.4. The monoisotopic (exact) mass is 453 g/mol. The zero-order chi connectivity index (χ0) is 23.4. The third-order valence-electron chi connectivity index (χ3n) is 6.61.